The van der Waals surface area contributed by atoms with Crippen LogP contribution in [0.15, 0.2) is 24.3 Å². The SMILES string of the molecule is CC(=O)N1Cc2ccccc2O[C@]2(CCCN(C(=O)CN[C@@H]3CCS(=O)(=O)C3)C2)C1. The van der Waals surface area contributed by atoms with Crippen LogP contribution in [0.4, 0.5) is 0 Å². The van der Waals surface area contributed by atoms with E-state index in [1.807, 2.05) is 24.3 Å². The van der Waals surface area contributed by atoms with Gasteiger partial charge in [-0.05, 0) is 25.3 Å². The van der Waals surface area contributed by atoms with Gasteiger partial charge in [-0.1, -0.05) is 18.2 Å². The van der Waals surface area contributed by atoms with Crippen LogP contribution in [0.2, 0.25) is 0 Å². The second kappa shape index (κ2) is 8.19. The van der Waals surface area contributed by atoms with E-state index < -0.39 is 15.4 Å². The number of ether oxygens (including phenoxy) is 1. The molecule has 2 fully saturated rings. The lowest BCUT2D eigenvalue weighted by molar-refractivity contribution is -0.139. The molecule has 9 heteroatoms. The molecule has 1 spiro atoms. The van der Waals surface area contributed by atoms with Gasteiger partial charge in [0.1, 0.15) is 11.4 Å². The number of sulfone groups is 1. The summed E-state index contributed by atoms with van der Waals surface area (Å²) >= 11 is 0. The molecule has 164 valence electrons. The van der Waals surface area contributed by atoms with Crippen molar-refractivity contribution in [3.05, 3.63) is 29.8 Å². The Balaban J connectivity index is 1.46. The number of hydrogen-bond acceptors (Lipinski definition) is 6. The molecule has 0 radical (unpaired) electrons. The van der Waals surface area contributed by atoms with Gasteiger partial charge in [0.05, 0.1) is 31.1 Å². The summed E-state index contributed by atoms with van der Waals surface area (Å²) in [5.41, 5.74) is 0.334. The van der Waals surface area contributed by atoms with Crippen LogP contribution in [-0.4, -0.2) is 79.4 Å². The molecular weight excluding hydrogens is 406 g/mol. The summed E-state index contributed by atoms with van der Waals surface area (Å²) < 4.78 is 29.7. The van der Waals surface area contributed by atoms with Gasteiger partial charge in [0.25, 0.3) is 0 Å². The molecular formula is C21H29N3O5S. The van der Waals surface area contributed by atoms with Crippen LogP contribution >= 0.6 is 0 Å². The number of fused-ring (bicyclic) bond motifs is 1. The van der Waals surface area contributed by atoms with Gasteiger partial charge in [0, 0.05) is 31.6 Å². The van der Waals surface area contributed by atoms with Gasteiger partial charge in [-0.25, -0.2) is 8.42 Å². The maximum absolute atomic E-state index is 12.9. The maximum Gasteiger partial charge on any atom is 0.236 e. The molecule has 2 atom stereocenters. The summed E-state index contributed by atoms with van der Waals surface area (Å²) in [5, 5.41) is 3.10. The fourth-order valence-corrected chi connectivity index (χ4v) is 6.36. The van der Waals surface area contributed by atoms with Crippen molar-refractivity contribution in [1.82, 2.24) is 15.1 Å². The third-order valence-electron chi connectivity index (χ3n) is 6.25. The topological polar surface area (TPSA) is 96.0 Å². The second-order valence-electron chi connectivity index (χ2n) is 8.67. The van der Waals surface area contributed by atoms with Crippen molar-refractivity contribution in [3.63, 3.8) is 0 Å². The van der Waals surface area contributed by atoms with Crippen molar-refractivity contribution >= 4 is 21.7 Å². The van der Waals surface area contributed by atoms with E-state index in [0.717, 1.165) is 24.2 Å². The Morgan fingerprint density at radius 1 is 1.23 bits per heavy atom. The van der Waals surface area contributed by atoms with E-state index in [-0.39, 0.29) is 35.9 Å². The summed E-state index contributed by atoms with van der Waals surface area (Å²) in [5.74, 6) is 0.971. The first-order chi connectivity index (χ1) is 14.3. The third-order valence-corrected chi connectivity index (χ3v) is 8.02. The first kappa shape index (κ1) is 21.1. The van der Waals surface area contributed by atoms with Crippen LogP contribution in [0.25, 0.3) is 0 Å². The molecule has 0 aliphatic carbocycles. The van der Waals surface area contributed by atoms with E-state index in [9.17, 15) is 18.0 Å². The zero-order valence-corrected chi connectivity index (χ0v) is 18.1. The molecule has 0 saturated carbocycles. The van der Waals surface area contributed by atoms with Gasteiger partial charge in [0.2, 0.25) is 11.8 Å². The van der Waals surface area contributed by atoms with Crippen LogP contribution in [-0.2, 0) is 26.0 Å². The fourth-order valence-electron chi connectivity index (χ4n) is 4.65. The summed E-state index contributed by atoms with van der Waals surface area (Å²) in [6, 6.07) is 7.58. The molecule has 1 aromatic carbocycles. The average molecular weight is 436 g/mol. The predicted molar refractivity (Wildman–Crippen MR) is 112 cm³/mol. The van der Waals surface area contributed by atoms with Crippen molar-refractivity contribution in [3.8, 4) is 5.75 Å². The monoisotopic (exact) mass is 435 g/mol. The Bertz CT molecular complexity index is 934. The number of nitrogens with one attached hydrogen (secondary N) is 1. The number of likely N-dealkylation sites (tertiary alicyclic amines) is 1. The highest BCUT2D eigenvalue weighted by atomic mass is 32.2. The number of piperidine rings is 1. The zero-order chi connectivity index (χ0) is 21.4. The fraction of sp³-hybridized carbons (Fsp3) is 0.619. The minimum atomic E-state index is -2.98. The molecule has 1 aromatic rings. The van der Waals surface area contributed by atoms with Crippen LogP contribution in [0, 0.1) is 0 Å². The van der Waals surface area contributed by atoms with Crippen LogP contribution in [0.5, 0.6) is 5.75 Å². The Labute approximate surface area is 177 Å². The minimum Gasteiger partial charge on any atom is -0.483 e. The summed E-state index contributed by atoms with van der Waals surface area (Å²) in [4.78, 5) is 28.7. The zero-order valence-electron chi connectivity index (χ0n) is 17.3. The van der Waals surface area contributed by atoms with Crippen molar-refractivity contribution in [2.24, 2.45) is 0 Å². The van der Waals surface area contributed by atoms with Crippen LogP contribution < -0.4 is 10.1 Å². The maximum atomic E-state index is 12.9. The van der Waals surface area contributed by atoms with E-state index in [0.29, 0.717) is 32.6 Å². The van der Waals surface area contributed by atoms with Gasteiger partial charge in [-0.2, -0.15) is 0 Å². The molecule has 0 unspecified atom stereocenters. The van der Waals surface area contributed by atoms with Crippen molar-refractivity contribution < 1.29 is 22.7 Å². The number of amides is 2. The molecule has 0 aromatic heterocycles. The number of benzene rings is 1. The molecule has 30 heavy (non-hydrogen) atoms. The number of nitrogens with zero attached hydrogens (tertiary/aromatic N) is 2. The number of rotatable bonds is 3. The molecule has 3 heterocycles. The molecule has 2 saturated heterocycles. The summed E-state index contributed by atoms with van der Waals surface area (Å²) in [6.07, 6.45) is 2.10. The van der Waals surface area contributed by atoms with Gasteiger partial charge in [-0.3, -0.25) is 9.59 Å². The van der Waals surface area contributed by atoms with Gasteiger partial charge in [0.15, 0.2) is 9.84 Å². The molecule has 8 nitrogen and oxygen atoms in total. The first-order valence-electron chi connectivity index (χ1n) is 10.5. The quantitative estimate of drug-likeness (QED) is 0.746. The lowest BCUT2D eigenvalue weighted by Crippen LogP contribution is -2.59. The number of carbonyl (C=O) groups excluding carboxylic acids is 2. The van der Waals surface area contributed by atoms with Crippen molar-refractivity contribution in [2.75, 3.05) is 37.7 Å². The standard InChI is InChI=1S/C21H29N3O5S/c1-16(25)24-12-17-5-2-3-6-19(17)29-21(15-24)8-4-9-23(14-21)20(26)11-22-18-7-10-30(27,28)13-18/h2-3,5-6,18,22H,4,7-15H2,1H3/t18-,21+/m1/s1. The first-order valence-corrected chi connectivity index (χ1v) is 12.3. The number of carbonyl (C=O) groups is 2. The third kappa shape index (κ3) is 4.62. The smallest absolute Gasteiger partial charge is 0.236 e. The number of hydrogen-bond donors (Lipinski definition) is 1. The highest BCUT2D eigenvalue weighted by Crippen LogP contribution is 2.34. The Kier molecular flexibility index (Phi) is 5.76. The highest BCUT2D eigenvalue weighted by molar-refractivity contribution is 7.91. The largest absolute Gasteiger partial charge is 0.483 e. The molecule has 0 bridgehead atoms. The Hall–Kier alpha value is -2.13. The lowest BCUT2D eigenvalue weighted by atomic mass is 9.91. The Morgan fingerprint density at radius 3 is 2.73 bits per heavy atom. The lowest BCUT2D eigenvalue weighted by Gasteiger charge is -2.43. The minimum absolute atomic E-state index is 0.0118. The van der Waals surface area contributed by atoms with E-state index in [4.69, 9.17) is 4.74 Å². The number of para-hydroxylation sites is 1. The normalized spacial score (nSPS) is 28.0. The summed E-state index contributed by atoms with van der Waals surface area (Å²) in [6.45, 7) is 3.66. The van der Waals surface area contributed by atoms with Crippen LogP contribution in [0.1, 0.15) is 31.7 Å². The highest BCUT2D eigenvalue weighted by Gasteiger charge is 2.43. The average Bonchev–Trinajstić information content (AvgIpc) is 2.96. The molecule has 3 aliphatic rings. The molecule has 1 N–H and O–H groups in total. The Morgan fingerprint density at radius 2 is 2.00 bits per heavy atom. The van der Waals surface area contributed by atoms with Gasteiger partial charge >= 0.3 is 0 Å². The second-order valence-corrected chi connectivity index (χ2v) is 10.9. The predicted octanol–water partition coefficient (Wildman–Crippen LogP) is 0.565. The molecule has 2 amide bonds. The molecule has 3 aliphatic heterocycles. The van der Waals surface area contributed by atoms with Crippen LogP contribution in [0.3, 0.4) is 0 Å². The van der Waals surface area contributed by atoms with Crippen molar-refractivity contribution in [1.29, 1.82) is 0 Å². The van der Waals surface area contributed by atoms with E-state index in [2.05, 4.69) is 5.32 Å². The summed E-state index contributed by atoms with van der Waals surface area (Å²) in [7, 11) is -2.98. The van der Waals surface area contributed by atoms with E-state index in [1.54, 1.807) is 16.7 Å². The van der Waals surface area contributed by atoms with Gasteiger partial charge in [-0.15, -0.1) is 0 Å². The molecule has 4 rings (SSSR count). The van der Waals surface area contributed by atoms with Gasteiger partial charge < -0.3 is 19.9 Å². The van der Waals surface area contributed by atoms with E-state index in [1.165, 1.54) is 0 Å². The van der Waals surface area contributed by atoms with Crippen molar-refractivity contribution in [2.45, 2.75) is 44.4 Å². The van der Waals surface area contributed by atoms with E-state index >= 15 is 0 Å².